The number of hydrogen-bond acceptors (Lipinski definition) is 4. The maximum absolute atomic E-state index is 8.08. The highest BCUT2D eigenvalue weighted by molar-refractivity contribution is 5.85. The number of rotatable bonds is 2. The topological polar surface area (TPSA) is 73.0 Å². The van der Waals surface area contributed by atoms with Gasteiger partial charge in [-0.05, 0) is 0 Å². The fourth-order valence-electron chi connectivity index (χ4n) is 0.113. The van der Waals surface area contributed by atoms with Crippen LogP contribution in [0.2, 0.25) is 0 Å². The van der Waals surface area contributed by atoms with Crippen LogP contribution in [0, 0.1) is 0 Å². The molecule has 42 valence electrons. The minimum Gasteiger partial charge on any atom is -0.411 e. The second-order valence-corrected chi connectivity index (χ2v) is 0.982. The average molecular weight is 105 g/mol. The van der Waals surface area contributed by atoms with Crippen LogP contribution in [0.1, 0.15) is 0 Å². The largest absolute Gasteiger partial charge is 0.411 e. The van der Waals surface area contributed by atoms with E-state index in [1.165, 1.54) is 0 Å². The fraction of sp³-hybridized carbons (Fsp3) is 0.667. The zero-order valence-corrected chi connectivity index (χ0v) is 3.70. The number of nitrogens with zero attached hydrogens (tertiary/aromatic N) is 1. The molecule has 4 heteroatoms. The molecule has 0 spiro atoms. The molecule has 0 aromatic rings. The first-order valence-corrected chi connectivity index (χ1v) is 1.76. The Morgan fingerprint density at radius 3 is 1.71 bits per heavy atom. The van der Waals surface area contributed by atoms with E-state index in [1.54, 1.807) is 0 Å². The van der Waals surface area contributed by atoms with Gasteiger partial charge in [0.05, 0.1) is 13.2 Å². The normalized spacial score (nSPS) is 8.29. The van der Waals surface area contributed by atoms with Crippen molar-refractivity contribution in [2.45, 2.75) is 0 Å². The van der Waals surface area contributed by atoms with Crippen LogP contribution in [0.3, 0.4) is 0 Å². The third kappa shape index (κ3) is 2.13. The van der Waals surface area contributed by atoms with Crippen molar-refractivity contribution in [2.75, 3.05) is 13.2 Å². The second kappa shape index (κ2) is 3.58. The van der Waals surface area contributed by atoms with Crippen molar-refractivity contribution in [1.29, 1.82) is 0 Å². The van der Waals surface area contributed by atoms with E-state index in [2.05, 4.69) is 5.16 Å². The van der Waals surface area contributed by atoms with E-state index in [-0.39, 0.29) is 5.71 Å². The summed E-state index contributed by atoms with van der Waals surface area (Å²) in [6.07, 6.45) is 0. The summed E-state index contributed by atoms with van der Waals surface area (Å²) in [4.78, 5) is 0. The van der Waals surface area contributed by atoms with Crippen LogP contribution in [0.15, 0.2) is 5.16 Å². The summed E-state index contributed by atoms with van der Waals surface area (Å²) in [6, 6.07) is 0. The third-order valence-corrected chi connectivity index (χ3v) is 0.506. The van der Waals surface area contributed by atoms with Crippen molar-refractivity contribution in [3.05, 3.63) is 0 Å². The minimum atomic E-state index is -0.396. The lowest BCUT2D eigenvalue weighted by molar-refractivity contribution is 0.280. The molecule has 4 nitrogen and oxygen atoms in total. The average Bonchev–Trinajstić information content (AvgIpc) is 1.72. The van der Waals surface area contributed by atoms with Gasteiger partial charge in [-0.3, -0.25) is 0 Å². The fourth-order valence-corrected chi connectivity index (χ4v) is 0.113. The summed E-state index contributed by atoms with van der Waals surface area (Å²) < 4.78 is 0. The number of hydrogen-bond donors (Lipinski definition) is 3. The Labute approximate surface area is 40.7 Å². The van der Waals surface area contributed by atoms with Crippen LogP contribution < -0.4 is 0 Å². The van der Waals surface area contributed by atoms with Crippen LogP contribution in [-0.4, -0.2) is 34.3 Å². The van der Waals surface area contributed by atoms with Crippen LogP contribution in [-0.2, 0) is 0 Å². The van der Waals surface area contributed by atoms with E-state index < -0.39 is 13.2 Å². The van der Waals surface area contributed by atoms with E-state index >= 15 is 0 Å². The van der Waals surface area contributed by atoms with Crippen molar-refractivity contribution in [1.82, 2.24) is 0 Å². The highest BCUT2D eigenvalue weighted by Gasteiger charge is 1.90. The maximum Gasteiger partial charge on any atom is 0.108 e. The zero-order valence-electron chi connectivity index (χ0n) is 3.70. The molecule has 0 bridgehead atoms. The van der Waals surface area contributed by atoms with E-state index in [0.717, 1.165) is 0 Å². The summed E-state index contributed by atoms with van der Waals surface area (Å²) in [6.45, 7) is -0.792. The molecule has 0 fully saturated rings. The van der Waals surface area contributed by atoms with Gasteiger partial charge in [-0.1, -0.05) is 5.16 Å². The first-order chi connectivity index (χ1) is 3.35. The molecule has 0 aromatic heterocycles. The molecule has 7 heavy (non-hydrogen) atoms. The van der Waals surface area contributed by atoms with Crippen molar-refractivity contribution >= 4 is 5.71 Å². The molecule has 0 heterocycles. The molecule has 0 aliphatic heterocycles. The third-order valence-electron chi connectivity index (χ3n) is 0.506. The molecule has 0 unspecified atom stereocenters. The van der Waals surface area contributed by atoms with Crippen molar-refractivity contribution < 1.29 is 15.4 Å². The van der Waals surface area contributed by atoms with Gasteiger partial charge in [0.25, 0.3) is 0 Å². The zero-order chi connectivity index (χ0) is 5.70. The molecule has 0 saturated heterocycles. The van der Waals surface area contributed by atoms with Gasteiger partial charge < -0.3 is 15.4 Å². The molecule has 0 aromatic carbocycles. The Bertz CT molecular complexity index is 64.6. The van der Waals surface area contributed by atoms with Crippen LogP contribution in [0.25, 0.3) is 0 Å². The van der Waals surface area contributed by atoms with Crippen LogP contribution in [0.4, 0.5) is 0 Å². The van der Waals surface area contributed by atoms with Crippen LogP contribution in [0.5, 0.6) is 0 Å². The van der Waals surface area contributed by atoms with E-state index in [1.807, 2.05) is 0 Å². The molecule has 0 radical (unpaired) electrons. The lowest BCUT2D eigenvalue weighted by Crippen LogP contribution is -2.08. The predicted molar refractivity (Wildman–Crippen MR) is 23.4 cm³/mol. The second-order valence-electron chi connectivity index (χ2n) is 0.982. The molecule has 0 atom stereocenters. The van der Waals surface area contributed by atoms with Gasteiger partial charge in [0.15, 0.2) is 0 Å². The predicted octanol–water partition coefficient (Wildman–Crippen LogP) is -1.20. The van der Waals surface area contributed by atoms with E-state index in [9.17, 15) is 0 Å². The molecule has 0 aliphatic carbocycles. The van der Waals surface area contributed by atoms with Gasteiger partial charge >= 0.3 is 0 Å². The molecule has 0 rings (SSSR count). The lowest BCUT2D eigenvalue weighted by Gasteiger charge is -1.88. The molecule has 3 N–H and O–H groups in total. The minimum absolute atomic E-state index is 0.0278. The first kappa shape index (κ1) is 6.39. The lowest BCUT2D eigenvalue weighted by atomic mass is 10.4. The Balaban J connectivity index is 3.38. The first-order valence-electron chi connectivity index (χ1n) is 1.76. The highest BCUT2D eigenvalue weighted by Crippen LogP contribution is 1.68. The SMILES string of the molecule is OCC(CO)=NO. The number of aliphatic hydroxyl groups is 2. The van der Waals surface area contributed by atoms with E-state index in [0.29, 0.717) is 0 Å². The van der Waals surface area contributed by atoms with Crippen molar-refractivity contribution in [3.8, 4) is 0 Å². The molecule has 0 amide bonds. The van der Waals surface area contributed by atoms with Crippen LogP contribution >= 0.6 is 0 Å². The summed E-state index contributed by atoms with van der Waals surface area (Å²) >= 11 is 0. The molecular formula is C3H7NO3. The van der Waals surface area contributed by atoms with Gasteiger partial charge in [0.2, 0.25) is 0 Å². The maximum atomic E-state index is 8.08. The van der Waals surface area contributed by atoms with Gasteiger partial charge in [-0.2, -0.15) is 0 Å². The van der Waals surface area contributed by atoms with Gasteiger partial charge in [-0.15, -0.1) is 0 Å². The van der Waals surface area contributed by atoms with Gasteiger partial charge in [0, 0.05) is 0 Å². The molecule has 0 saturated carbocycles. The van der Waals surface area contributed by atoms with Crippen molar-refractivity contribution in [3.63, 3.8) is 0 Å². The monoisotopic (exact) mass is 105 g/mol. The quantitative estimate of drug-likeness (QED) is 0.234. The number of aliphatic hydroxyl groups excluding tert-OH is 2. The smallest absolute Gasteiger partial charge is 0.108 e. The number of oxime groups is 1. The Morgan fingerprint density at radius 2 is 1.71 bits per heavy atom. The molecule has 0 aliphatic rings. The highest BCUT2D eigenvalue weighted by atomic mass is 16.4. The summed E-state index contributed by atoms with van der Waals surface area (Å²) in [5.41, 5.74) is -0.0278. The van der Waals surface area contributed by atoms with E-state index in [4.69, 9.17) is 15.4 Å². The Morgan fingerprint density at radius 1 is 1.29 bits per heavy atom. The van der Waals surface area contributed by atoms with Gasteiger partial charge in [-0.25, -0.2) is 0 Å². The van der Waals surface area contributed by atoms with Crippen molar-refractivity contribution in [2.24, 2.45) is 5.16 Å². The standard InChI is InChI=1S/C3H7NO3/c5-1-3(2-6)4-7/h5-7H,1-2H2. The van der Waals surface area contributed by atoms with Gasteiger partial charge in [0.1, 0.15) is 5.71 Å². The Kier molecular flexibility index (Phi) is 3.26. The summed E-state index contributed by atoms with van der Waals surface area (Å²) in [5, 5.41) is 26.5. The summed E-state index contributed by atoms with van der Waals surface area (Å²) in [7, 11) is 0. The summed E-state index contributed by atoms with van der Waals surface area (Å²) in [5.74, 6) is 0. The molecular weight excluding hydrogens is 98.0 g/mol. The Hall–Kier alpha value is -0.610.